The molecule has 1 saturated heterocycles. The average molecular weight is 349 g/mol. The molecule has 0 aliphatic carbocycles. The number of likely N-dealkylation sites (tertiary alicyclic amines) is 1. The number of carbonyl (C=O) groups excluding carboxylic acids is 1. The highest BCUT2D eigenvalue weighted by atomic mass is 19.1. The minimum absolute atomic E-state index is 0.237. The minimum atomic E-state index is -0.258. The summed E-state index contributed by atoms with van der Waals surface area (Å²) in [5, 5.41) is 3.28. The number of primary amides is 1. The van der Waals surface area contributed by atoms with Gasteiger partial charge in [-0.3, -0.25) is 9.79 Å². The lowest BCUT2D eigenvalue weighted by atomic mass is 9.95. The Kier molecular flexibility index (Phi) is 6.61. The number of nitrogens with two attached hydrogens (primary N) is 1. The molecule has 25 heavy (non-hydrogen) atoms. The van der Waals surface area contributed by atoms with Gasteiger partial charge >= 0.3 is 0 Å². The number of hydrogen-bond acceptors (Lipinski definition) is 3. The first-order chi connectivity index (χ1) is 11.9. The van der Waals surface area contributed by atoms with Crippen molar-refractivity contribution in [2.24, 2.45) is 16.6 Å². The smallest absolute Gasteiger partial charge is 0.217 e. The van der Waals surface area contributed by atoms with Crippen LogP contribution in [0.15, 0.2) is 23.2 Å². The summed E-state index contributed by atoms with van der Waals surface area (Å²) in [6.07, 6.45) is 2.42. The predicted molar refractivity (Wildman–Crippen MR) is 99.0 cm³/mol. The first-order valence-electron chi connectivity index (χ1n) is 8.60. The van der Waals surface area contributed by atoms with E-state index in [1.165, 1.54) is 0 Å². The Hall–Kier alpha value is -2.31. The van der Waals surface area contributed by atoms with Crippen LogP contribution in [0.4, 0.5) is 10.1 Å². The van der Waals surface area contributed by atoms with E-state index in [4.69, 9.17) is 5.73 Å². The van der Waals surface area contributed by atoms with E-state index in [2.05, 4.69) is 15.2 Å². The maximum Gasteiger partial charge on any atom is 0.217 e. The van der Waals surface area contributed by atoms with E-state index in [0.29, 0.717) is 18.7 Å². The molecular formula is C18H28FN5O. The minimum Gasteiger partial charge on any atom is -0.375 e. The first-order valence-corrected chi connectivity index (χ1v) is 8.60. The number of nitrogens with zero attached hydrogens (tertiary/aromatic N) is 3. The van der Waals surface area contributed by atoms with Gasteiger partial charge in [0.25, 0.3) is 0 Å². The molecule has 1 aliphatic heterocycles. The molecule has 0 radical (unpaired) electrons. The zero-order chi connectivity index (χ0) is 18.4. The van der Waals surface area contributed by atoms with Gasteiger partial charge in [0, 0.05) is 47.2 Å². The molecule has 6 nitrogen and oxygen atoms in total. The van der Waals surface area contributed by atoms with Crippen LogP contribution < -0.4 is 16.0 Å². The monoisotopic (exact) mass is 349 g/mol. The Morgan fingerprint density at radius 2 is 2.24 bits per heavy atom. The van der Waals surface area contributed by atoms with Crippen molar-refractivity contribution in [2.75, 3.05) is 39.1 Å². The van der Waals surface area contributed by atoms with Crippen molar-refractivity contribution in [3.05, 3.63) is 29.6 Å². The van der Waals surface area contributed by atoms with Gasteiger partial charge in [-0.25, -0.2) is 4.39 Å². The van der Waals surface area contributed by atoms with E-state index in [0.717, 1.165) is 37.5 Å². The lowest BCUT2D eigenvalue weighted by molar-refractivity contribution is -0.119. The predicted octanol–water partition coefficient (Wildman–Crippen LogP) is 1.55. The van der Waals surface area contributed by atoms with Crippen molar-refractivity contribution in [3.8, 4) is 0 Å². The Bertz CT molecular complexity index is 632. The third-order valence-corrected chi connectivity index (χ3v) is 4.46. The van der Waals surface area contributed by atoms with Crippen LogP contribution in [-0.2, 0) is 11.3 Å². The molecule has 0 aromatic heterocycles. The second-order valence-corrected chi connectivity index (χ2v) is 6.71. The highest BCUT2D eigenvalue weighted by Crippen LogP contribution is 2.20. The summed E-state index contributed by atoms with van der Waals surface area (Å²) in [5.41, 5.74) is 6.74. The number of aliphatic imine (C=N–C) groups is 1. The summed E-state index contributed by atoms with van der Waals surface area (Å²) in [6.45, 7) is 2.15. The van der Waals surface area contributed by atoms with Crippen LogP contribution >= 0.6 is 0 Å². The number of carbonyl (C=O) groups is 1. The number of amides is 1. The molecular weight excluding hydrogens is 321 g/mol. The summed E-state index contributed by atoms with van der Waals surface area (Å²) in [4.78, 5) is 19.4. The standard InChI is InChI=1S/C18H28FN5O/c1-21-18(24-8-4-5-14(12-24)10-17(20)25)22-11-13-6-7-16(23(2)3)15(19)9-13/h6-7,9,14H,4-5,8,10-12H2,1-3H3,(H2,20,25)(H,21,22). The van der Waals surface area contributed by atoms with Crippen molar-refractivity contribution in [3.63, 3.8) is 0 Å². The quantitative estimate of drug-likeness (QED) is 0.625. The van der Waals surface area contributed by atoms with Crippen LogP contribution in [0.25, 0.3) is 0 Å². The lowest BCUT2D eigenvalue weighted by Gasteiger charge is -2.34. The second kappa shape index (κ2) is 8.69. The van der Waals surface area contributed by atoms with Crippen LogP contribution in [0.2, 0.25) is 0 Å². The number of guanidine groups is 1. The maximum atomic E-state index is 14.1. The molecule has 3 N–H and O–H groups in total. The third kappa shape index (κ3) is 5.34. The maximum absolute atomic E-state index is 14.1. The molecule has 1 fully saturated rings. The number of rotatable bonds is 5. The van der Waals surface area contributed by atoms with Gasteiger partial charge in [-0.05, 0) is 36.5 Å². The Labute approximate surface area is 148 Å². The summed E-state index contributed by atoms with van der Waals surface area (Å²) >= 11 is 0. The summed E-state index contributed by atoms with van der Waals surface area (Å²) < 4.78 is 14.1. The molecule has 2 rings (SSSR count). The fourth-order valence-corrected chi connectivity index (χ4v) is 3.25. The van der Waals surface area contributed by atoms with E-state index in [9.17, 15) is 9.18 Å². The second-order valence-electron chi connectivity index (χ2n) is 6.71. The molecule has 1 aromatic rings. The largest absolute Gasteiger partial charge is 0.375 e. The topological polar surface area (TPSA) is 74.0 Å². The number of piperidine rings is 1. The van der Waals surface area contributed by atoms with Gasteiger partial charge in [-0.15, -0.1) is 0 Å². The first kappa shape index (κ1) is 19.0. The van der Waals surface area contributed by atoms with Crippen LogP contribution in [0.5, 0.6) is 0 Å². The van der Waals surface area contributed by atoms with Crippen molar-refractivity contribution >= 4 is 17.6 Å². The fourth-order valence-electron chi connectivity index (χ4n) is 3.25. The number of nitrogens with one attached hydrogen (secondary N) is 1. The van der Waals surface area contributed by atoms with E-state index in [-0.39, 0.29) is 17.6 Å². The van der Waals surface area contributed by atoms with Crippen molar-refractivity contribution in [2.45, 2.75) is 25.8 Å². The summed E-state index contributed by atoms with van der Waals surface area (Å²) in [6, 6.07) is 5.23. The number of hydrogen-bond donors (Lipinski definition) is 2. The average Bonchev–Trinajstić information content (AvgIpc) is 2.55. The molecule has 0 spiro atoms. The number of benzene rings is 1. The molecule has 138 valence electrons. The zero-order valence-corrected chi connectivity index (χ0v) is 15.3. The SMILES string of the molecule is CN=C(NCc1ccc(N(C)C)c(F)c1)N1CCCC(CC(N)=O)C1. The highest BCUT2D eigenvalue weighted by Gasteiger charge is 2.23. The third-order valence-electron chi connectivity index (χ3n) is 4.46. The summed E-state index contributed by atoms with van der Waals surface area (Å²) in [7, 11) is 5.36. The Morgan fingerprint density at radius 1 is 1.48 bits per heavy atom. The lowest BCUT2D eigenvalue weighted by Crippen LogP contribution is -2.46. The van der Waals surface area contributed by atoms with Gasteiger partial charge in [-0.1, -0.05) is 6.07 Å². The van der Waals surface area contributed by atoms with Gasteiger partial charge in [0.2, 0.25) is 5.91 Å². The molecule has 0 saturated carbocycles. The van der Waals surface area contributed by atoms with Gasteiger partial charge in [-0.2, -0.15) is 0 Å². The molecule has 0 bridgehead atoms. The van der Waals surface area contributed by atoms with Crippen molar-refractivity contribution < 1.29 is 9.18 Å². The molecule has 1 amide bonds. The van der Waals surface area contributed by atoms with Crippen LogP contribution in [-0.4, -0.2) is 51.0 Å². The highest BCUT2D eigenvalue weighted by molar-refractivity contribution is 5.80. The number of halogens is 1. The molecule has 1 aromatic carbocycles. The molecule has 1 atom stereocenters. The fraction of sp³-hybridized carbons (Fsp3) is 0.556. The van der Waals surface area contributed by atoms with Crippen LogP contribution in [0, 0.1) is 11.7 Å². The van der Waals surface area contributed by atoms with E-state index >= 15 is 0 Å². The molecule has 7 heteroatoms. The van der Waals surface area contributed by atoms with Gasteiger partial charge in [0.15, 0.2) is 5.96 Å². The molecule has 1 aliphatic rings. The van der Waals surface area contributed by atoms with E-state index in [1.54, 1.807) is 24.1 Å². The Morgan fingerprint density at radius 3 is 2.84 bits per heavy atom. The van der Waals surface area contributed by atoms with E-state index in [1.807, 2.05) is 20.2 Å². The molecule has 1 unspecified atom stereocenters. The van der Waals surface area contributed by atoms with Gasteiger partial charge in [0.05, 0.1) is 5.69 Å². The van der Waals surface area contributed by atoms with Gasteiger partial charge < -0.3 is 20.9 Å². The van der Waals surface area contributed by atoms with E-state index < -0.39 is 0 Å². The molecule has 1 heterocycles. The zero-order valence-electron chi connectivity index (χ0n) is 15.3. The van der Waals surface area contributed by atoms with Crippen molar-refractivity contribution in [1.29, 1.82) is 0 Å². The summed E-state index contributed by atoms with van der Waals surface area (Å²) in [5.74, 6) is 0.540. The number of anilines is 1. The Balaban J connectivity index is 1.96. The van der Waals surface area contributed by atoms with Crippen LogP contribution in [0.3, 0.4) is 0 Å². The van der Waals surface area contributed by atoms with Crippen LogP contribution in [0.1, 0.15) is 24.8 Å². The van der Waals surface area contributed by atoms with Crippen molar-refractivity contribution in [1.82, 2.24) is 10.2 Å². The normalized spacial score (nSPS) is 18.2. The van der Waals surface area contributed by atoms with Gasteiger partial charge in [0.1, 0.15) is 5.82 Å².